The van der Waals surface area contributed by atoms with Gasteiger partial charge in [-0.15, -0.1) is 0 Å². The van der Waals surface area contributed by atoms with Gasteiger partial charge < -0.3 is 10.2 Å². The van der Waals surface area contributed by atoms with E-state index in [1.165, 1.54) is 42.3 Å². The number of aryl methyl sites for hydroxylation is 1. The first kappa shape index (κ1) is 29.7. The monoisotopic (exact) mass is 561 g/mol. The van der Waals surface area contributed by atoms with Crippen LogP contribution in [0.25, 0.3) is 0 Å². The van der Waals surface area contributed by atoms with Gasteiger partial charge in [0.15, 0.2) is 0 Å². The van der Waals surface area contributed by atoms with E-state index in [0.29, 0.717) is 15.9 Å². The minimum Gasteiger partial charge on any atom is -0.357 e. The van der Waals surface area contributed by atoms with Gasteiger partial charge in [-0.3, -0.25) is 13.9 Å². The zero-order valence-corrected chi connectivity index (χ0v) is 22.6. The molecule has 1 unspecified atom stereocenters. The van der Waals surface area contributed by atoms with Crippen molar-refractivity contribution in [1.29, 1.82) is 0 Å². The molecule has 1 atom stereocenters. The van der Waals surface area contributed by atoms with Crippen LogP contribution in [0.15, 0.2) is 83.8 Å². The maximum absolute atomic E-state index is 13.8. The lowest BCUT2D eigenvalue weighted by molar-refractivity contribution is -0.140. The number of carbonyl (C=O) groups excluding carboxylic acids is 2. The summed E-state index contributed by atoms with van der Waals surface area (Å²) in [6.45, 7) is 2.75. The Kier molecular flexibility index (Phi) is 9.39. The van der Waals surface area contributed by atoms with Crippen molar-refractivity contribution in [1.82, 2.24) is 10.2 Å². The van der Waals surface area contributed by atoms with E-state index < -0.39 is 46.2 Å². The summed E-state index contributed by atoms with van der Waals surface area (Å²) in [7, 11) is -3.04. The molecule has 0 heterocycles. The van der Waals surface area contributed by atoms with Gasteiger partial charge in [-0.1, -0.05) is 61.0 Å². The first-order valence-electron chi connectivity index (χ1n) is 12.2. The largest absolute Gasteiger partial charge is 0.416 e. The van der Waals surface area contributed by atoms with Gasteiger partial charge in [-0.25, -0.2) is 8.42 Å². The molecule has 0 aliphatic carbocycles. The average Bonchev–Trinajstić information content (AvgIpc) is 2.91. The number of nitrogens with zero attached hydrogens (tertiary/aromatic N) is 2. The first-order valence-corrected chi connectivity index (χ1v) is 13.6. The fourth-order valence-corrected chi connectivity index (χ4v) is 5.61. The molecule has 3 aromatic rings. The molecule has 0 aliphatic heterocycles. The molecule has 0 bridgehead atoms. The zero-order valence-electron chi connectivity index (χ0n) is 21.8. The molecule has 0 spiro atoms. The number of hydrogen-bond donors (Lipinski definition) is 1. The number of sulfonamides is 1. The minimum absolute atomic E-state index is 0.00570. The third-order valence-corrected chi connectivity index (χ3v) is 7.93. The highest BCUT2D eigenvalue weighted by Crippen LogP contribution is 2.33. The molecule has 11 heteroatoms. The summed E-state index contributed by atoms with van der Waals surface area (Å²) in [6, 6.07) is 17.3. The van der Waals surface area contributed by atoms with Crippen LogP contribution in [-0.2, 0) is 32.3 Å². The molecular weight excluding hydrogens is 531 g/mol. The zero-order chi connectivity index (χ0) is 28.8. The quantitative estimate of drug-likeness (QED) is 0.387. The average molecular weight is 562 g/mol. The fourth-order valence-electron chi connectivity index (χ4n) is 4.18. The number of alkyl halides is 3. The molecule has 0 radical (unpaired) electrons. The van der Waals surface area contributed by atoms with E-state index in [4.69, 9.17) is 0 Å². The van der Waals surface area contributed by atoms with E-state index in [2.05, 4.69) is 5.32 Å². The molecule has 0 fully saturated rings. The Bertz CT molecular complexity index is 1410. The third-order valence-electron chi connectivity index (χ3n) is 6.14. The summed E-state index contributed by atoms with van der Waals surface area (Å²) in [5.74, 6) is -1.20. The standard InChI is InChI=1S/C28H30F3N3O4S/c1-4-25(27(36)32-3)33(18-21-11-8-10-20(2)16-21)26(35)19-34(39(37,38)24-14-6-5-7-15-24)23-13-9-12-22(17-23)28(29,30)31/h5-17,25H,4,18-19H2,1-3H3,(H,32,36). The molecule has 3 rings (SSSR count). The first-order chi connectivity index (χ1) is 18.4. The maximum atomic E-state index is 13.8. The highest BCUT2D eigenvalue weighted by Gasteiger charge is 2.35. The number of likely N-dealkylation sites (N-methyl/N-ethyl adjacent to an activating group) is 1. The van der Waals surface area contributed by atoms with E-state index in [1.54, 1.807) is 25.1 Å². The van der Waals surface area contributed by atoms with Crippen molar-refractivity contribution in [3.05, 3.63) is 95.6 Å². The number of halogens is 3. The molecule has 7 nitrogen and oxygen atoms in total. The van der Waals surface area contributed by atoms with Gasteiger partial charge in [0.25, 0.3) is 10.0 Å². The molecule has 1 N–H and O–H groups in total. The van der Waals surface area contributed by atoms with Crippen molar-refractivity contribution in [3.8, 4) is 0 Å². The Morgan fingerprint density at radius 2 is 1.62 bits per heavy atom. The highest BCUT2D eigenvalue weighted by molar-refractivity contribution is 7.92. The van der Waals surface area contributed by atoms with Crippen molar-refractivity contribution in [2.75, 3.05) is 17.9 Å². The molecule has 39 heavy (non-hydrogen) atoms. The second-order valence-electron chi connectivity index (χ2n) is 8.92. The van der Waals surface area contributed by atoms with Crippen LogP contribution in [0.5, 0.6) is 0 Å². The second-order valence-corrected chi connectivity index (χ2v) is 10.8. The van der Waals surface area contributed by atoms with Crippen LogP contribution < -0.4 is 9.62 Å². The summed E-state index contributed by atoms with van der Waals surface area (Å²) >= 11 is 0. The Morgan fingerprint density at radius 3 is 2.21 bits per heavy atom. The van der Waals surface area contributed by atoms with Gasteiger partial charge >= 0.3 is 6.18 Å². The van der Waals surface area contributed by atoms with Crippen LogP contribution in [0.2, 0.25) is 0 Å². The lowest BCUT2D eigenvalue weighted by Gasteiger charge is -2.33. The molecule has 0 aromatic heterocycles. The van der Waals surface area contributed by atoms with E-state index >= 15 is 0 Å². The van der Waals surface area contributed by atoms with Crippen LogP contribution in [0.3, 0.4) is 0 Å². The van der Waals surface area contributed by atoms with E-state index in [9.17, 15) is 31.2 Å². The number of amides is 2. The van der Waals surface area contributed by atoms with Crippen molar-refractivity contribution in [2.45, 2.75) is 43.9 Å². The second kappa shape index (κ2) is 12.3. The van der Waals surface area contributed by atoms with E-state index in [-0.39, 0.29) is 23.5 Å². The lowest BCUT2D eigenvalue weighted by atomic mass is 10.1. The number of anilines is 1. The molecule has 3 aromatic carbocycles. The van der Waals surface area contributed by atoms with Crippen molar-refractivity contribution in [3.63, 3.8) is 0 Å². The van der Waals surface area contributed by atoms with Crippen LogP contribution in [0.1, 0.15) is 30.0 Å². The van der Waals surface area contributed by atoms with E-state index in [0.717, 1.165) is 17.7 Å². The van der Waals surface area contributed by atoms with Gasteiger partial charge in [0.05, 0.1) is 16.1 Å². The molecule has 0 saturated carbocycles. The number of carbonyl (C=O) groups is 2. The predicted molar refractivity (Wildman–Crippen MR) is 142 cm³/mol. The summed E-state index contributed by atoms with van der Waals surface area (Å²) in [5.41, 5.74) is 0.243. The Labute approximate surface area is 226 Å². The van der Waals surface area contributed by atoms with Gasteiger partial charge in [0.1, 0.15) is 12.6 Å². The topological polar surface area (TPSA) is 86.8 Å². The number of hydrogen-bond acceptors (Lipinski definition) is 4. The molecular formula is C28H30F3N3O4S. The van der Waals surface area contributed by atoms with Crippen LogP contribution in [-0.4, -0.2) is 44.8 Å². The van der Waals surface area contributed by atoms with Crippen LogP contribution in [0, 0.1) is 6.92 Å². The minimum atomic E-state index is -4.73. The highest BCUT2D eigenvalue weighted by atomic mass is 32.2. The summed E-state index contributed by atoms with van der Waals surface area (Å²) in [6.07, 6.45) is -4.50. The Balaban J connectivity index is 2.11. The fraction of sp³-hybridized carbons (Fsp3) is 0.286. The van der Waals surface area contributed by atoms with Crippen LogP contribution >= 0.6 is 0 Å². The van der Waals surface area contributed by atoms with Gasteiger partial charge in [0, 0.05) is 13.6 Å². The normalized spacial score (nSPS) is 12.5. The molecule has 208 valence electrons. The summed E-state index contributed by atoms with van der Waals surface area (Å²) < 4.78 is 68.5. The summed E-state index contributed by atoms with van der Waals surface area (Å²) in [5, 5.41) is 2.52. The van der Waals surface area contributed by atoms with Crippen molar-refractivity contribution < 1.29 is 31.2 Å². The van der Waals surface area contributed by atoms with Gasteiger partial charge in [-0.05, 0) is 49.2 Å². The van der Waals surface area contributed by atoms with E-state index in [1.807, 2.05) is 19.1 Å². The third kappa shape index (κ3) is 7.17. The van der Waals surface area contributed by atoms with Crippen LogP contribution in [0.4, 0.5) is 18.9 Å². The number of rotatable bonds is 10. The Morgan fingerprint density at radius 1 is 0.949 bits per heavy atom. The molecule has 0 saturated heterocycles. The SMILES string of the molecule is CCC(C(=O)NC)N(Cc1cccc(C)c1)C(=O)CN(c1cccc(C(F)(F)F)c1)S(=O)(=O)c1ccccc1. The summed E-state index contributed by atoms with van der Waals surface area (Å²) in [4.78, 5) is 27.6. The smallest absolute Gasteiger partial charge is 0.357 e. The van der Waals surface area contributed by atoms with Gasteiger partial charge in [0.2, 0.25) is 11.8 Å². The molecule has 2 amide bonds. The predicted octanol–water partition coefficient (Wildman–Crippen LogP) is 4.76. The molecule has 0 aliphatic rings. The maximum Gasteiger partial charge on any atom is 0.416 e. The Hall–Kier alpha value is -3.86. The van der Waals surface area contributed by atoms with Crippen molar-refractivity contribution in [2.24, 2.45) is 0 Å². The lowest BCUT2D eigenvalue weighted by Crippen LogP contribution is -2.51. The number of benzene rings is 3. The van der Waals surface area contributed by atoms with Gasteiger partial charge in [-0.2, -0.15) is 13.2 Å². The number of nitrogens with one attached hydrogen (secondary N) is 1. The van der Waals surface area contributed by atoms with Crippen molar-refractivity contribution >= 4 is 27.5 Å².